The van der Waals surface area contributed by atoms with E-state index in [1.807, 2.05) is 61.5 Å². The maximum absolute atomic E-state index is 12.6. The lowest BCUT2D eigenvalue weighted by Gasteiger charge is -2.20. The Morgan fingerprint density at radius 3 is 2.44 bits per heavy atom. The van der Waals surface area contributed by atoms with Crippen LogP contribution in [0.1, 0.15) is 19.8 Å². The minimum absolute atomic E-state index is 0.0186. The molecule has 3 nitrogen and oxygen atoms in total. The van der Waals surface area contributed by atoms with Crippen LogP contribution in [0.25, 0.3) is 11.1 Å². The molecule has 0 unspecified atom stereocenters. The average Bonchev–Trinajstić information content (AvgIpc) is 3.17. The lowest BCUT2D eigenvalue weighted by molar-refractivity contribution is -0.115. The summed E-state index contributed by atoms with van der Waals surface area (Å²) in [6.45, 7) is 3.93. The average molecular weight is 371 g/mol. The highest BCUT2D eigenvalue weighted by molar-refractivity contribution is 8.23. The van der Waals surface area contributed by atoms with Gasteiger partial charge in [-0.25, -0.2) is 0 Å². The largest absolute Gasteiger partial charge is 0.358 e. The summed E-state index contributed by atoms with van der Waals surface area (Å²) in [5.74, 6) is -0.0186. The van der Waals surface area contributed by atoms with Crippen LogP contribution in [0, 0.1) is 0 Å². The van der Waals surface area contributed by atoms with E-state index in [-0.39, 0.29) is 11.2 Å². The molecule has 1 atom stereocenters. The second-order valence-corrected chi connectivity index (χ2v) is 8.10. The Morgan fingerprint density at radius 1 is 1.08 bits per heavy atom. The summed E-state index contributed by atoms with van der Waals surface area (Å²) < 4.78 is 0.830. The standard InChI is InChI=1S/C20H22N2OS2/c1-15(25-20(24)22-13-7-8-14-22)19(23)21-18-12-6-5-11-17(18)16-9-3-2-4-10-16/h2-6,9-12,15H,7-8,13-14H2,1H3,(H,21,23)/t15-/m0/s1. The van der Waals surface area contributed by atoms with E-state index in [4.69, 9.17) is 12.2 Å². The molecule has 130 valence electrons. The van der Waals surface area contributed by atoms with Crippen molar-refractivity contribution in [2.45, 2.75) is 25.0 Å². The van der Waals surface area contributed by atoms with Gasteiger partial charge in [0.15, 0.2) is 0 Å². The Hall–Kier alpha value is -1.85. The molecular formula is C20H22N2OS2. The van der Waals surface area contributed by atoms with Crippen molar-refractivity contribution >= 4 is 39.9 Å². The number of nitrogens with zero attached hydrogens (tertiary/aromatic N) is 1. The van der Waals surface area contributed by atoms with Crippen LogP contribution in [0.4, 0.5) is 5.69 Å². The first-order chi connectivity index (χ1) is 12.1. The van der Waals surface area contributed by atoms with Gasteiger partial charge in [0.25, 0.3) is 0 Å². The summed E-state index contributed by atoms with van der Waals surface area (Å²) in [4.78, 5) is 14.8. The zero-order chi connectivity index (χ0) is 17.6. The predicted molar refractivity (Wildman–Crippen MR) is 111 cm³/mol. The van der Waals surface area contributed by atoms with Crippen LogP contribution in [0.5, 0.6) is 0 Å². The molecule has 1 heterocycles. The van der Waals surface area contributed by atoms with Crippen LogP contribution in [0.3, 0.4) is 0 Å². The number of likely N-dealkylation sites (tertiary alicyclic amines) is 1. The molecule has 2 aromatic rings. The summed E-state index contributed by atoms with van der Waals surface area (Å²) in [5, 5.41) is 2.84. The number of thioether (sulfide) groups is 1. The Labute approximate surface area is 158 Å². The van der Waals surface area contributed by atoms with Gasteiger partial charge in [-0.3, -0.25) is 4.79 Å². The topological polar surface area (TPSA) is 32.3 Å². The summed E-state index contributed by atoms with van der Waals surface area (Å²) in [6.07, 6.45) is 2.37. The van der Waals surface area contributed by atoms with Gasteiger partial charge in [-0.05, 0) is 31.4 Å². The second kappa shape index (κ2) is 8.50. The van der Waals surface area contributed by atoms with Gasteiger partial charge < -0.3 is 10.2 Å². The lowest BCUT2D eigenvalue weighted by Crippen LogP contribution is -2.29. The summed E-state index contributed by atoms with van der Waals surface area (Å²) >= 11 is 6.96. The van der Waals surface area contributed by atoms with Crippen molar-refractivity contribution in [1.29, 1.82) is 0 Å². The number of thiocarbonyl (C=S) groups is 1. The van der Waals surface area contributed by atoms with Crippen molar-refractivity contribution in [1.82, 2.24) is 4.90 Å². The molecule has 0 spiro atoms. The van der Waals surface area contributed by atoms with E-state index in [1.54, 1.807) is 0 Å². The lowest BCUT2D eigenvalue weighted by atomic mass is 10.0. The third-order valence-corrected chi connectivity index (χ3v) is 5.86. The molecule has 2 aromatic carbocycles. The number of benzene rings is 2. The van der Waals surface area contributed by atoms with Gasteiger partial charge in [-0.2, -0.15) is 0 Å². The number of carbonyl (C=O) groups is 1. The first kappa shape index (κ1) is 18.0. The van der Waals surface area contributed by atoms with Crippen molar-refractivity contribution < 1.29 is 4.79 Å². The fourth-order valence-corrected chi connectivity index (χ4v) is 4.29. The van der Waals surface area contributed by atoms with Gasteiger partial charge in [-0.15, -0.1) is 0 Å². The normalized spacial score (nSPS) is 15.0. The van der Waals surface area contributed by atoms with Crippen LogP contribution in [0.15, 0.2) is 54.6 Å². The maximum Gasteiger partial charge on any atom is 0.237 e. The van der Waals surface area contributed by atoms with E-state index in [1.165, 1.54) is 24.6 Å². The van der Waals surface area contributed by atoms with Crippen molar-refractivity contribution in [3.8, 4) is 11.1 Å². The minimum atomic E-state index is -0.225. The highest BCUT2D eigenvalue weighted by Crippen LogP contribution is 2.28. The molecular weight excluding hydrogens is 348 g/mol. The number of hydrogen-bond acceptors (Lipinski definition) is 3. The van der Waals surface area contributed by atoms with Crippen LogP contribution < -0.4 is 5.32 Å². The molecule has 0 aliphatic carbocycles. The summed E-state index contributed by atoms with van der Waals surface area (Å²) in [6, 6.07) is 18.0. The number of anilines is 1. The Bertz CT molecular complexity index is 742. The van der Waals surface area contributed by atoms with Gasteiger partial charge in [0, 0.05) is 24.3 Å². The number of hydrogen-bond donors (Lipinski definition) is 1. The zero-order valence-electron chi connectivity index (χ0n) is 14.3. The predicted octanol–water partition coefficient (Wildman–Crippen LogP) is 4.79. The molecule has 25 heavy (non-hydrogen) atoms. The summed E-state index contributed by atoms with van der Waals surface area (Å²) in [5.41, 5.74) is 2.94. The molecule has 0 bridgehead atoms. The van der Waals surface area contributed by atoms with Gasteiger partial charge >= 0.3 is 0 Å². The smallest absolute Gasteiger partial charge is 0.237 e. The third-order valence-electron chi connectivity index (χ3n) is 4.28. The van der Waals surface area contributed by atoms with Gasteiger partial charge in [-0.1, -0.05) is 72.5 Å². The van der Waals surface area contributed by atoms with Crippen molar-refractivity contribution in [3.05, 3.63) is 54.6 Å². The number of para-hydroxylation sites is 1. The fourth-order valence-electron chi connectivity index (χ4n) is 2.87. The molecule has 1 aliphatic rings. The van der Waals surface area contributed by atoms with Crippen molar-refractivity contribution in [3.63, 3.8) is 0 Å². The molecule has 1 amide bonds. The molecule has 1 fully saturated rings. The Morgan fingerprint density at radius 2 is 1.72 bits per heavy atom. The number of rotatable bonds is 4. The Balaban J connectivity index is 1.67. The molecule has 1 aliphatic heterocycles. The van der Waals surface area contributed by atoms with Crippen LogP contribution >= 0.6 is 24.0 Å². The van der Waals surface area contributed by atoms with E-state index in [0.29, 0.717) is 0 Å². The Kier molecular flexibility index (Phi) is 6.10. The molecule has 0 radical (unpaired) electrons. The van der Waals surface area contributed by atoms with Gasteiger partial charge in [0.2, 0.25) is 5.91 Å². The van der Waals surface area contributed by atoms with Gasteiger partial charge in [0.1, 0.15) is 4.32 Å². The molecule has 3 rings (SSSR count). The highest BCUT2D eigenvalue weighted by Gasteiger charge is 2.22. The molecule has 1 saturated heterocycles. The van der Waals surface area contributed by atoms with E-state index >= 15 is 0 Å². The van der Waals surface area contributed by atoms with Gasteiger partial charge in [0.05, 0.1) is 5.25 Å². The molecule has 0 aromatic heterocycles. The number of nitrogens with one attached hydrogen (secondary N) is 1. The molecule has 0 saturated carbocycles. The van der Waals surface area contributed by atoms with E-state index in [0.717, 1.165) is 34.2 Å². The van der Waals surface area contributed by atoms with Crippen LogP contribution in [-0.2, 0) is 4.79 Å². The van der Waals surface area contributed by atoms with Crippen molar-refractivity contribution in [2.24, 2.45) is 0 Å². The highest BCUT2D eigenvalue weighted by atomic mass is 32.2. The number of carbonyl (C=O) groups excluding carboxylic acids is 1. The van der Waals surface area contributed by atoms with E-state index < -0.39 is 0 Å². The van der Waals surface area contributed by atoms with Crippen molar-refractivity contribution in [2.75, 3.05) is 18.4 Å². The first-order valence-corrected chi connectivity index (χ1v) is 9.85. The zero-order valence-corrected chi connectivity index (χ0v) is 15.9. The third kappa shape index (κ3) is 4.61. The second-order valence-electron chi connectivity index (χ2n) is 6.12. The minimum Gasteiger partial charge on any atom is -0.358 e. The summed E-state index contributed by atoms with van der Waals surface area (Å²) in [7, 11) is 0. The first-order valence-electron chi connectivity index (χ1n) is 8.56. The van der Waals surface area contributed by atoms with E-state index in [2.05, 4.69) is 10.2 Å². The maximum atomic E-state index is 12.6. The fraction of sp³-hybridized carbons (Fsp3) is 0.300. The molecule has 1 N–H and O–H groups in total. The van der Waals surface area contributed by atoms with Crippen LogP contribution in [-0.4, -0.2) is 33.5 Å². The van der Waals surface area contributed by atoms with E-state index in [9.17, 15) is 4.79 Å². The van der Waals surface area contributed by atoms with Crippen LogP contribution in [0.2, 0.25) is 0 Å². The SMILES string of the molecule is C[C@H](SC(=S)N1CCCC1)C(=O)Nc1ccccc1-c1ccccc1. The quantitative estimate of drug-likeness (QED) is 0.784. The monoisotopic (exact) mass is 370 g/mol. The molecule has 5 heteroatoms. The number of amides is 1.